The van der Waals surface area contributed by atoms with E-state index in [0.29, 0.717) is 11.5 Å². The van der Waals surface area contributed by atoms with E-state index in [1.165, 1.54) is 24.0 Å². The largest absolute Gasteiger partial charge is 0.314 e. The topological polar surface area (TPSA) is 12.0 Å². The van der Waals surface area contributed by atoms with Crippen LogP contribution in [0.5, 0.6) is 0 Å². The first kappa shape index (κ1) is 17.2. The Bertz CT molecular complexity index is 404. The van der Waals surface area contributed by atoms with E-state index in [0.717, 1.165) is 19.4 Å². The molecule has 0 heterocycles. The normalized spacial score (nSPS) is 12.2. The van der Waals surface area contributed by atoms with E-state index < -0.39 is 0 Å². The predicted octanol–water partition coefficient (Wildman–Crippen LogP) is 4.77. The third kappa shape index (κ3) is 5.66. The van der Waals surface area contributed by atoms with Gasteiger partial charge in [0.15, 0.2) is 0 Å². The molecule has 0 aliphatic rings. The minimum absolute atomic E-state index is 0.359. The minimum atomic E-state index is 0.359. The molecule has 0 aliphatic heterocycles. The maximum absolute atomic E-state index is 3.57. The molecule has 0 radical (unpaired) electrons. The van der Waals surface area contributed by atoms with Crippen molar-refractivity contribution in [3.05, 3.63) is 34.9 Å². The molecule has 1 aromatic rings. The van der Waals surface area contributed by atoms with Crippen molar-refractivity contribution >= 4 is 0 Å². The highest BCUT2D eigenvalue weighted by Gasteiger charge is 2.18. The maximum Gasteiger partial charge on any atom is 0.00106 e. The van der Waals surface area contributed by atoms with Crippen LogP contribution in [0.15, 0.2) is 18.2 Å². The van der Waals surface area contributed by atoms with E-state index in [-0.39, 0.29) is 0 Å². The van der Waals surface area contributed by atoms with Gasteiger partial charge in [-0.25, -0.2) is 0 Å². The Balaban J connectivity index is 2.68. The first-order chi connectivity index (χ1) is 9.38. The van der Waals surface area contributed by atoms with Crippen LogP contribution in [0.1, 0.15) is 64.7 Å². The second kappa shape index (κ2) is 7.83. The lowest BCUT2D eigenvalue weighted by Gasteiger charge is -2.27. The van der Waals surface area contributed by atoms with Crippen LogP contribution in [0.2, 0.25) is 0 Å². The van der Waals surface area contributed by atoms with Gasteiger partial charge in [0.1, 0.15) is 0 Å². The summed E-state index contributed by atoms with van der Waals surface area (Å²) >= 11 is 0. The highest BCUT2D eigenvalue weighted by molar-refractivity contribution is 5.32. The molecular formula is C19H33N. The lowest BCUT2D eigenvalue weighted by atomic mass is 9.84. The molecule has 0 unspecified atom stereocenters. The smallest absolute Gasteiger partial charge is 0.00106 e. The van der Waals surface area contributed by atoms with Crippen molar-refractivity contribution in [1.29, 1.82) is 0 Å². The fourth-order valence-corrected chi connectivity index (χ4v) is 2.52. The van der Waals surface area contributed by atoms with Gasteiger partial charge in [0.2, 0.25) is 0 Å². The molecule has 1 heteroatoms. The first-order valence-electron chi connectivity index (χ1n) is 8.22. The molecule has 0 fully saturated rings. The Kier molecular flexibility index (Phi) is 6.75. The van der Waals surface area contributed by atoms with E-state index in [2.05, 4.69) is 65.1 Å². The van der Waals surface area contributed by atoms with Crippen molar-refractivity contribution in [3.63, 3.8) is 0 Å². The second-order valence-corrected chi connectivity index (χ2v) is 7.01. The van der Waals surface area contributed by atoms with Gasteiger partial charge < -0.3 is 5.32 Å². The van der Waals surface area contributed by atoms with E-state index in [4.69, 9.17) is 0 Å². The van der Waals surface area contributed by atoms with Crippen LogP contribution >= 0.6 is 0 Å². The number of nitrogens with one attached hydrogen (secondary N) is 1. The molecule has 20 heavy (non-hydrogen) atoms. The number of hydrogen-bond acceptors (Lipinski definition) is 1. The number of hydrogen-bond donors (Lipinski definition) is 1. The van der Waals surface area contributed by atoms with Crippen molar-refractivity contribution in [3.8, 4) is 0 Å². The van der Waals surface area contributed by atoms with Crippen molar-refractivity contribution in [1.82, 2.24) is 5.32 Å². The quantitative estimate of drug-likeness (QED) is 0.720. The van der Waals surface area contributed by atoms with Gasteiger partial charge in [-0.15, -0.1) is 0 Å². The Labute approximate surface area is 126 Å². The average molecular weight is 275 g/mol. The molecule has 0 atom stereocenters. The number of rotatable bonds is 8. The van der Waals surface area contributed by atoms with Gasteiger partial charge in [0.25, 0.3) is 0 Å². The summed E-state index contributed by atoms with van der Waals surface area (Å²) in [7, 11) is 0. The third-order valence-corrected chi connectivity index (χ3v) is 4.12. The van der Waals surface area contributed by atoms with Crippen LogP contribution in [0, 0.1) is 5.41 Å². The Morgan fingerprint density at radius 3 is 2.30 bits per heavy atom. The van der Waals surface area contributed by atoms with Crippen LogP contribution < -0.4 is 5.32 Å². The summed E-state index contributed by atoms with van der Waals surface area (Å²) in [5.74, 6) is 0. The van der Waals surface area contributed by atoms with Gasteiger partial charge in [-0.2, -0.15) is 0 Å². The molecule has 114 valence electrons. The van der Waals surface area contributed by atoms with Crippen molar-refractivity contribution < 1.29 is 0 Å². The first-order valence-corrected chi connectivity index (χ1v) is 8.22. The summed E-state index contributed by atoms with van der Waals surface area (Å²) in [5.41, 5.74) is 4.91. The van der Waals surface area contributed by atoms with E-state index >= 15 is 0 Å². The molecule has 0 aromatic heterocycles. The van der Waals surface area contributed by atoms with Crippen LogP contribution in [-0.2, 0) is 19.3 Å². The second-order valence-electron chi connectivity index (χ2n) is 7.01. The van der Waals surface area contributed by atoms with E-state index in [9.17, 15) is 0 Å². The van der Waals surface area contributed by atoms with Gasteiger partial charge in [0.05, 0.1) is 0 Å². The highest BCUT2D eigenvalue weighted by Crippen LogP contribution is 2.24. The minimum Gasteiger partial charge on any atom is -0.314 e. The summed E-state index contributed by atoms with van der Waals surface area (Å²) in [6.45, 7) is 14.8. The van der Waals surface area contributed by atoms with Gasteiger partial charge in [-0.05, 0) is 47.8 Å². The standard InChI is InChI=1S/C19H33N/c1-7-16-9-10-17(8-2)18(13-16)11-12-19(5,6)14-20-15(3)4/h9-10,13,15,20H,7-8,11-12,14H2,1-6H3. The average Bonchev–Trinajstić information content (AvgIpc) is 2.43. The third-order valence-electron chi connectivity index (χ3n) is 4.12. The highest BCUT2D eigenvalue weighted by atomic mass is 14.9. The fraction of sp³-hybridized carbons (Fsp3) is 0.684. The molecule has 0 saturated heterocycles. The molecular weight excluding hydrogens is 242 g/mol. The van der Waals surface area contributed by atoms with E-state index in [1.54, 1.807) is 5.56 Å². The van der Waals surface area contributed by atoms with Crippen molar-refractivity contribution in [2.24, 2.45) is 5.41 Å². The SMILES string of the molecule is CCc1ccc(CC)c(CCC(C)(C)CNC(C)C)c1. The molecule has 0 saturated carbocycles. The van der Waals surface area contributed by atoms with E-state index in [1.807, 2.05) is 0 Å². The summed E-state index contributed by atoms with van der Waals surface area (Å²) in [5, 5.41) is 3.57. The van der Waals surface area contributed by atoms with Gasteiger partial charge in [0, 0.05) is 12.6 Å². The summed E-state index contributed by atoms with van der Waals surface area (Å²) in [4.78, 5) is 0. The van der Waals surface area contributed by atoms with Gasteiger partial charge in [-0.1, -0.05) is 59.7 Å². The molecule has 1 aromatic carbocycles. The Morgan fingerprint density at radius 2 is 1.75 bits per heavy atom. The molecule has 0 bridgehead atoms. The molecule has 1 rings (SSSR count). The van der Waals surface area contributed by atoms with Crippen molar-refractivity contribution in [2.75, 3.05) is 6.54 Å². The Morgan fingerprint density at radius 1 is 1.05 bits per heavy atom. The lowest BCUT2D eigenvalue weighted by Crippen LogP contribution is -2.34. The van der Waals surface area contributed by atoms with Crippen LogP contribution in [0.4, 0.5) is 0 Å². The lowest BCUT2D eigenvalue weighted by molar-refractivity contribution is 0.304. The maximum atomic E-state index is 3.57. The van der Waals surface area contributed by atoms with Gasteiger partial charge in [-0.3, -0.25) is 0 Å². The van der Waals surface area contributed by atoms with Crippen molar-refractivity contribution in [2.45, 2.75) is 73.3 Å². The van der Waals surface area contributed by atoms with Crippen LogP contribution in [0.3, 0.4) is 0 Å². The molecule has 0 spiro atoms. The summed E-state index contributed by atoms with van der Waals surface area (Å²) in [6.07, 6.45) is 4.72. The van der Waals surface area contributed by atoms with Gasteiger partial charge >= 0.3 is 0 Å². The molecule has 1 N–H and O–H groups in total. The molecule has 1 nitrogen and oxygen atoms in total. The fourth-order valence-electron chi connectivity index (χ4n) is 2.52. The zero-order valence-electron chi connectivity index (χ0n) is 14.3. The summed E-state index contributed by atoms with van der Waals surface area (Å²) in [6, 6.07) is 7.61. The molecule has 0 aliphatic carbocycles. The molecule has 0 amide bonds. The van der Waals surface area contributed by atoms with Crippen LogP contribution in [0.25, 0.3) is 0 Å². The Hall–Kier alpha value is -0.820. The number of aryl methyl sites for hydroxylation is 3. The monoisotopic (exact) mass is 275 g/mol. The summed E-state index contributed by atoms with van der Waals surface area (Å²) < 4.78 is 0. The predicted molar refractivity (Wildman–Crippen MR) is 90.4 cm³/mol. The van der Waals surface area contributed by atoms with Crippen LogP contribution in [-0.4, -0.2) is 12.6 Å². The zero-order valence-corrected chi connectivity index (χ0v) is 14.3. The zero-order chi connectivity index (χ0) is 15.2. The number of benzene rings is 1.